The van der Waals surface area contributed by atoms with Crippen molar-refractivity contribution >= 4 is 16.9 Å². The molecule has 0 aliphatic heterocycles. The Morgan fingerprint density at radius 2 is 2.12 bits per heavy atom. The highest BCUT2D eigenvalue weighted by Gasteiger charge is 2.28. The fourth-order valence-corrected chi connectivity index (χ4v) is 4.47. The zero-order valence-electron chi connectivity index (χ0n) is 18.3. The first-order chi connectivity index (χ1) is 15.9. The Hall–Kier alpha value is -4.12. The van der Waals surface area contributed by atoms with Crippen LogP contribution in [0, 0.1) is 11.3 Å². The predicted octanol–water partition coefficient (Wildman–Crippen LogP) is 5.05. The molecule has 33 heavy (non-hydrogen) atoms. The number of ether oxygens (including phenoxy) is 1. The minimum Gasteiger partial charge on any atom is -0.490 e. The second kappa shape index (κ2) is 8.10. The Kier molecular flexibility index (Phi) is 5.09. The molecule has 0 amide bonds. The molecule has 166 valence electrons. The van der Waals surface area contributed by atoms with Crippen molar-refractivity contribution in [3.63, 3.8) is 0 Å². The zero-order valence-corrected chi connectivity index (χ0v) is 18.3. The number of aryl methyl sites for hydroxylation is 1. The molecular formula is C25H22N4O4. The van der Waals surface area contributed by atoms with Crippen LogP contribution in [0.2, 0.25) is 0 Å². The molecule has 0 fully saturated rings. The number of aromatic nitrogens is 3. The molecule has 1 aliphatic carbocycles. The lowest BCUT2D eigenvalue weighted by Crippen LogP contribution is -2.06. The third-order valence-electron chi connectivity index (χ3n) is 5.91. The SMILES string of the molecule is CC(C)Oc1ccc(-c2nc(-c3ccc4[nH]c5c(c4c3)CCC5CC(=O)O)no2)cc1C#N. The summed E-state index contributed by atoms with van der Waals surface area (Å²) in [4.78, 5) is 19.1. The average molecular weight is 442 g/mol. The molecule has 0 saturated heterocycles. The summed E-state index contributed by atoms with van der Waals surface area (Å²) in [5.74, 6) is 0.516. The van der Waals surface area contributed by atoms with Crippen LogP contribution in [0.4, 0.5) is 0 Å². The van der Waals surface area contributed by atoms with Crippen LogP contribution in [0.3, 0.4) is 0 Å². The van der Waals surface area contributed by atoms with E-state index < -0.39 is 5.97 Å². The minimum absolute atomic E-state index is 0.0158. The van der Waals surface area contributed by atoms with Crippen LogP contribution < -0.4 is 4.74 Å². The first-order valence-corrected chi connectivity index (χ1v) is 10.8. The molecule has 0 spiro atoms. The van der Waals surface area contributed by atoms with E-state index in [4.69, 9.17) is 9.26 Å². The molecule has 5 rings (SSSR count). The second-order valence-corrected chi connectivity index (χ2v) is 8.52. The summed E-state index contributed by atoms with van der Waals surface area (Å²) < 4.78 is 11.2. The van der Waals surface area contributed by atoms with Gasteiger partial charge < -0.3 is 19.4 Å². The number of fused-ring (bicyclic) bond motifs is 3. The molecule has 2 N–H and O–H groups in total. The lowest BCUT2D eigenvalue weighted by Gasteiger charge is -2.11. The summed E-state index contributed by atoms with van der Waals surface area (Å²) in [7, 11) is 0. The van der Waals surface area contributed by atoms with E-state index in [9.17, 15) is 15.2 Å². The third kappa shape index (κ3) is 3.82. The van der Waals surface area contributed by atoms with Crippen molar-refractivity contribution in [2.75, 3.05) is 0 Å². The van der Waals surface area contributed by atoms with Gasteiger partial charge in [-0.3, -0.25) is 4.79 Å². The van der Waals surface area contributed by atoms with Gasteiger partial charge in [0, 0.05) is 33.6 Å². The lowest BCUT2D eigenvalue weighted by atomic mass is 10.0. The molecule has 1 unspecified atom stereocenters. The van der Waals surface area contributed by atoms with E-state index in [2.05, 4.69) is 21.2 Å². The quantitative estimate of drug-likeness (QED) is 0.428. The van der Waals surface area contributed by atoms with Gasteiger partial charge in [0.15, 0.2) is 0 Å². The zero-order chi connectivity index (χ0) is 23.1. The Morgan fingerprint density at radius 1 is 1.30 bits per heavy atom. The molecule has 0 saturated carbocycles. The minimum atomic E-state index is -0.783. The summed E-state index contributed by atoms with van der Waals surface area (Å²) in [5.41, 5.74) is 5.01. The highest BCUT2D eigenvalue weighted by atomic mass is 16.5. The number of nitrogens with zero attached hydrogens (tertiary/aromatic N) is 3. The Labute approximate surface area is 189 Å². The van der Waals surface area contributed by atoms with Crippen molar-refractivity contribution in [2.24, 2.45) is 0 Å². The molecule has 2 aromatic heterocycles. The van der Waals surface area contributed by atoms with Crippen molar-refractivity contribution in [1.82, 2.24) is 15.1 Å². The monoisotopic (exact) mass is 442 g/mol. The van der Waals surface area contributed by atoms with Crippen molar-refractivity contribution in [3.05, 3.63) is 53.2 Å². The molecule has 1 atom stereocenters. The number of hydrogen-bond acceptors (Lipinski definition) is 6. The number of carbonyl (C=O) groups is 1. The van der Waals surface area contributed by atoms with Gasteiger partial charge in [0.2, 0.25) is 5.82 Å². The maximum atomic E-state index is 11.2. The van der Waals surface area contributed by atoms with Gasteiger partial charge in [-0.2, -0.15) is 10.2 Å². The number of nitriles is 1. The molecular weight excluding hydrogens is 420 g/mol. The smallest absolute Gasteiger partial charge is 0.304 e. The van der Waals surface area contributed by atoms with Gasteiger partial charge in [0.1, 0.15) is 11.8 Å². The molecule has 0 radical (unpaired) electrons. The van der Waals surface area contributed by atoms with Crippen LogP contribution in [0.1, 0.15) is 49.4 Å². The number of carboxylic acids is 1. The van der Waals surface area contributed by atoms with Gasteiger partial charge in [0.25, 0.3) is 5.89 Å². The van der Waals surface area contributed by atoms with E-state index in [1.54, 1.807) is 18.2 Å². The fourth-order valence-electron chi connectivity index (χ4n) is 4.47. The molecule has 2 heterocycles. The molecule has 0 bridgehead atoms. The third-order valence-corrected chi connectivity index (χ3v) is 5.91. The summed E-state index contributed by atoms with van der Waals surface area (Å²) in [6.07, 6.45) is 1.77. The number of carboxylic acid groups (broad SMARTS) is 1. The van der Waals surface area contributed by atoms with Gasteiger partial charge in [-0.25, -0.2) is 0 Å². The maximum Gasteiger partial charge on any atom is 0.304 e. The van der Waals surface area contributed by atoms with Crippen molar-refractivity contribution in [2.45, 2.75) is 45.1 Å². The molecule has 8 nitrogen and oxygen atoms in total. The topological polar surface area (TPSA) is 125 Å². The van der Waals surface area contributed by atoms with Crippen LogP contribution in [0.5, 0.6) is 5.75 Å². The van der Waals surface area contributed by atoms with E-state index in [0.29, 0.717) is 28.6 Å². The van der Waals surface area contributed by atoms with Crippen molar-refractivity contribution in [3.8, 4) is 34.7 Å². The second-order valence-electron chi connectivity index (χ2n) is 8.52. The summed E-state index contributed by atoms with van der Waals surface area (Å²) >= 11 is 0. The van der Waals surface area contributed by atoms with E-state index >= 15 is 0 Å². The summed E-state index contributed by atoms with van der Waals surface area (Å²) in [5, 5.41) is 23.9. The van der Waals surface area contributed by atoms with Crippen molar-refractivity contribution < 1.29 is 19.2 Å². The van der Waals surface area contributed by atoms with E-state index in [1.165, 1.54) is 5.56 Å². The number of H-pyrrole nitrogens is 1. The predicted molar refractivity (Wildman–Crippen MR) is 121 cm³/mol. The van der Waals surface area contributed by atoms with Crippen LogP contribution in [-0.2, 0) is 11.2 Å². The highest BCUT2D eigenvalue weighted by molar-refractivity contribution is 5.89. The average Bonchev–Trinajstić information content (AvgIpc) is 3.49. The number of hydrogen-bond donors (Lipinski definition) is 2. The summed E-state index contributed by atoms with van der Waals surface area (Å²) in [6, 6.07) is 13.2. The maximum absolute atomic E-state index is 11.2. The Balaban J connectivity index is 1.46. The fraction of sp³-hybridized carbons (Fsp3) is 0.280. The Bertz CT molecular complexity index is 1410. The molecule has 1 aliphatic rings. The molecule has 4 aromatic rings. The van der Waals surface area contributed by atoms with Crippen molar-refractivity contribution in [1.29, 1.82) is 5.26 Å². The van der Waals surface area contributed by atoms with E-state index in [0.717, 1.165) is 35.0 Å². The largest absolute Gasteiger partial charge is 0.490 e. The molecule has 8 heteroatoms. The number of aliphatic carboxylic acids is 1. The number of rotatable bonds is 6. The lowest BCUT2D eigenvalue weighted by molar-refractivity contribution is -0.137. The first kappa shape index (κ1) is 20.8. The summed E-state index contributed by atoms with van der Waals surface area (Å²) in [6.45, 7) is 3.81. The Morgan fingerprint density at radius 3 is 2.88 bits per heavy atom. The van der Waals surface area contributed by atoms with Gasteiger partial charge in [0.05, 0.1) is 18.1 Å². The van der Waals surface area contributed by atoms with Gasteiger partial charge in [-0.15, -0.1) is 0 Å². The van der Waals surface area contributed by atoms with E-state index in [-0.39, 0.29) is 18.4 Å². The standard InChI is InChI=1S/C25H22N4O4/c1-13(2)32-21-8-5-16(9-17(21)12-26)25-28-24(29-33-25)15-4-7-20-19(10-15)18-6-3-14(11-22(30)31)23(18)27-20/h4-5,7-10,13-14,27H,3,6,11H2,1-2H3,(H,30,31). The van der Waals surface area contributed by atoms with Crippen LogP contribution in [0.25, 0.3) is 33.7 Å². The first-order valence-electron chi connectivity index (χ1n) is 10.8. The van der Waals surface area contributed by atoms with Gasteiger partial charge in [-0.1, -0.05) is 5.16 Å². The number of benzene rings is 2. The van der Waals surface area contributed by atoms with Crippen LogP contribution in [-0.4, -0.2) is 32.3 Å². The normalized spacial score (nSPS) is 15.0. The highest BCUT2D eigenvalue weighted by Crippen LogP contribution is 2.40. The van der Waals surface area contributed by atoms with Gasteiger partial charge >= 0.3 is 5.97 Å². The van der Waals surface area contributed by atoms with E-state index in [1.807, 2.05) is 32.0 Å². The van der Waals surface area contributed by atoms with Crippen LogP contribution in [0.15, 0.2) is 40.9 Å². The van der Waals surface area contributed by atoms with Crippen LogP contribution >= 0.6 is 0 Å². The number of aromatic amines is 1. The van der Waals surface area contributed by atoms with Gasteiger partial charge in [-0.05, 0) is 68.7 Å². The number of nitrogens with one attached hydrogen (secondary N) is 1. The molecule has 2 aromatic carbocycles.